The lowest BCUT2D eigenvalue weighted by Crippen LogP contribution is -2.44. The molecule has 1 aromatic carbocycles. The van der Waals surface area contributed by atoms with Crippen LogP contribution in [0.5, 0.6) is 0 Å². The second kappa shape index (κ2) is 7.78. The van der Waals surface area contributed by atoms with Crippen molar-refractivity contribution < 1.29 is 4.79 Å². The van der Waals surface area contributed by atoms with Gasteiger partial charge in [0.2, 0.25) is 4.96 Å². The first-order valence-corrected chi connectivity index (χ1v) is 10.1. The number of hydrogen-bond acceptors (Lipinski definition) is 8. The highest BCUT2D eigenvalue weighted by atomic mass is 32.1. The molecule has 146 valence electrons. The molecule has 2 aromatic heterocycles. The van der Waals surface area contributed by atoms with Crippen molar-refractivity contribution in [2.24, 2.45) is 5.73 Å². The highest BCUT2D eigenvalue weighted by Crippen LogP contribution is 2.29. The molecule has 0 spiro atoms. The predicted octanol–water partition coefficient (Wildman–Crippen LogP) is 0.606. The number of anilines is 1. The Morgan fingerprint density at radius 3 is 2.86 bits per heavy atom. The summed E-state index contributed by atoms with van der Waals surface area (Å²) in [5, 5.41) is 8.50. The molecular weight excluding hydrogens is 376 g/mol. The van der Waals surface area contributed by atoms with Crippen molar-refractivity contribution >= 4 is 27.9 Å². The molecule has 3 heterocycles. The fourth-order valence-electron chi connectivity index (χ4n) is 3.36. The van der Waals surface area contributed by atoms with Crippen molar-refractivity contribution in [2.45, 2.75) is 13.3 Å². The number of ketones is 1. The molecule has 0 unspecified atom stereocenters. The van der Waals surface area contributed by atoms with Gasteiger partial charge in [-0.05, 0) is 18.1 Å². The van der Waals surface area contributed by atoms with Gasteiger partial charge in [0.05, 0.1) is 6.54 Å². The number of hydrogen-bond donors (Lipinski definition) is 2. The Morgan fingerprint density at radius 1 is 1.32 bits per heavy atom. The van der Waals surface area contributed by atoms with Crippen LogP contribution in [0.1, 0.15) is 11.1 Å². The van der Waals surface area contributed by atoms with Gasteiger partial charge in [-0.3, -0.25) is 9.59 Å². The van der Waals surface area contributed by atoms with Crippen molar-refractivity contribution in [3.8, 4) is 10.6 Å². The number of carbonyl (C=O) groups is 1. The normalized spacial score (nSPS) is 14.6. The van der Waals surface area contributed by atoms with Gasteiger partial charge < -0.3 is 16.0 Å². The van der Waals surface area contributed by atoms with Gasteiger partial charge in [0.15, 0.2) is 5.78 Å². The highest BCUT2D eigenvalue weighted by Gasteiger charge is 2.17. The van der Waals surface area contributed by atoms with Crippen LogP contribution in [0.4, 0.5) is 5.82 Å². The predicted molar refractivity (Wildman–Crippen MR) is 110 cm³/mol. The summed E-state index contributed by atoms with van der Waals surface area (Å²) in [6, 6.07) is 7.32. The molecule has 9 heteroatoms. The molecule has 1 aliphatic heterocycles. The Balaban J connectivity index is 1.74. The fourth-order valence-corrected chi connectivity index (χ4v) is 4.34. The van der Waals surface area contributed by atoms with E-state index in [1.54, 1.807) is 6.07 Å². The van der Waals surface area contributed by atoms with E-state index in [9.17, 15) is 9.59 Å². The van der Waals surface area contributed by atoms with Crippen molar-refractivity contribution in [1.29, 1.82) is 0 Å². The SMILES string of the molecule is Cc1c(CC(=O)CN)cccc1-c1nn2c(=O)cc(N3CCNCC3)nc2s1. The topological polar surface area (TPSA) is 106 Å². The number of benzene rings is 1. The Morgan fingerprint density at radius 2 is 2.11 bits per heavy atom. The zero-order chi connectivity index (χ0) is 19.7. The molecular formula is C19H22N6O2S. The van der Waals surface area contributed by atoms with Gasteiger partial charge in [0.1, 0.15) is 10.8 Å². The molecule has 0 atom stereocenters. The third-order valence-electron chi connectivity index (χ3n) is 4.96. The maximum absolute atomic E-state index is 12.6. The third kappa shape index (κ3) is 3.56. The van der Waals surface area contributed by atoms with E-state index < -0.39 is 0 Å². The van der Waals surface area contributed by atoms with E-state index in [0.717, 1.165) is 42.9 Å². The van der Waals surface area contributed by atoms with Gasteiger partial charge >= 0.3 is 0 Å². The van der Waals surface area contributed by atoms with Crippen LogP contribution in [-0.2, 0) is 11.2 Å². The number of nitrogens with zero attached hydrogens (tertiary/aromatic N) is 4. The maximum atomic E-state index is 12.6. The van der Waals surface area contributed by atoms with E-state index in [0.29, 0.717) is 22.2 Å². The number of nitrogens with two attached hydrogens (primary N) is 1. The number of carbonyl (C=O) groups excluding carboxylic acids is 1. The number of piperazine rings is 1. The van der Waals surface area contributed by atoms with Crippen molar-refractivity contribution in [3.05, 3.63) is 45.7 Å². The molecule has 3 N–H and O–H groups in total. The van der Waals surface area contributed by atoms with Gasteiger partial charge in [-0.1, -0.05) is 29.5 Å². The molecule has 0 saturated carbocycles. The average Bonchev–Trinajstić information content (AvgIpc) is 3.14. The van der Waals surface area contributed by atoms with Crippen LogP contribution < -0.4 is 21.5 Å². The van der Waals surface area contributed by atoms with Crippen LogP contribution in [0.15, 0.2) is 29.1 Å². The van der Waals surface area contributed by atoms with E-state index in [1.165, 1.54) is 15.9 Å². The molecule has 0 aliphatic carbocycles. The van der Waals surface area contributed by atoms with E-state index in [4.69, 9.17) is 5.73 Å². The Bertz CT molecular complexity index is 1080. The average molecular weight is 398 g/mol. The minimum atomic E-state index is -0.187. The largest absolute Gasteiger partial charge is 0.354 e. The first-order chi connectivity index (χ1) is 13.6. The second-order valence-corrected chi connectivity index (χ2v) is 7.76. The van der Waals surface area contributed by atoms with Crippen LogP contribution >= 0.6 is 11.3 Å². The summed E-state index contributed by atoms with van der Waals surface area (Å²) in [5.41, 5.74) is 8.06. The highest BCUT2D eigenvalue weighted by molar-refractivity contribution is 7.19. The summed E-state index contributed by atoms with van der Waals surface area (Å²) in [5.74, 6) is 0.684. The van der Waals surface area contributed by atoms with Gasteiger partial charge in [0, 0.05) is 44.2 Å². The molecule has 0 bridgehead atoms. The van der Waals surface area contributed by atoms with Crippen molar-refractivity contribution in [2.75, 3.05) is 37.6 Å². The third-order valence-corrected chi connectivity index (χ3v) is 5.91. The van der Waals surface area contributed by atoms with E-state index in [2.05, 4.69) is 20.3 Å². The summed E-state index contributed by atoms with van der Waals surface area (Å²) in [7, 11) is 0. The Labute approximate surface area is 166 Å². The van der Waals surface area contributed by atoms with E-state index in [1.807, 2.05) is 25.1 Å². The first-order valence-electron chi connectivity index (χ1n) is 9.24. The molecule has 1 aliphatic rings. The first kappa shape index (κ1) is 18.7. The van der Waals surface area contributed by atoms with Gasteiger partial charge in [-0.15, -0.1) is 0 Å². The Hall–Kier alpha value is -2.62. The van der Waals surface area contributed by atoms with Crippen LogP contribution in [0.25, 0.3) is 15.5 Å². The number of rotatable bonds is 5. The number of nitrogens with one attached hydrogen (secondary N) is 1. The fraction of sp³-hybridized carbons (Fsp3) is 0.368. The van der Waals surface area contributed by atoms with Crippen molar-refractivity contribution in [1.82, 2.24) is 19.9 Å². The molecule has 1 fully saturated rings. The summed E-state index contributed by atoms with van der Waals surface area (Å²) < 4.78 is 1.35. The lowest BCUT2D eigenvalue weighted by Gasteiger charge is -2.27. The zero-order valence-electron chi connectivity index (χ0n) is 15.6. The van der Waals surface area contributed by atoms with Crippen LogP contribution in [0.2, 0.25) is 0 Å². The van der Waals surface area contributed by atoms with Crippen LogP contribution in [0.3, 0.4) is 0 Å². The van der Waals surface area contributed by atoms with Crippen LogP contribution in [0, 0.1) is 6.92 Å². The zero-order valence-corrected chi connectivity index (χ0v) is 16.5. The lowest BCUT2D eigenvalue weighted by atomic mass is 9.99. The quantitative estimate of drug-likeness (QED) is 0.648. The summed E-state index contributed by atoms with van der Waals surface area (Å²) in [6.45, 7) is 5.39. The minimum Gasteiger partial charge on any atom is -0.354 e. The number of aromatic nitrogens is 3. The Kier molecular flexibility index (Phi) is 5.21. The monoisotopic (exact) mass is 398 g/mol. The summed E-state index contributed by atoms with van der Waals surface area (Å²) in [6.07, 6.45) is 0.298. The van der Waals surface area contributed by atoms with Crippen LogP contribution in [-0.4, -0.2) is 53.1 Å². The standard InChI is InChI=1S/C19H22N6O2S/c1-12-13(9-14(26)11-20)3-2-4-15(12)18-23-25-17(27)10-16(22-19(25)28-18)24-7-5-21-6-8-24/h2-4,10,21H,5-9,11,20H2,1H3. The van der Waals surface area contributed by atoms with E-state index >= 15 is 0 Å². The summed E-state index contributed by atoms with van der Waals surface area (Å²) in [4.78, 5) is 31.7. The number of Topliss-reactive ketones (excluding diaryl/α,β-unsaturated/α-hetero) is 1. The van der Waals surface area contributed by atoms with Gasteiger partial charge in [-0.25, -0.2) is 4.98 Å². The smallest absolute Gasteiger partial charge is 0.277 e. The van der Waals surface area contributed by atoms with Crippen molar-refractivity contribution in [3.63, 3.8) is 0 Å². The van der Waals surface area contributed by atoms with E-state index in [-0.39, 0.29) is 17.9 Å². The minimum absolute atomic E-state index is 0.0110. The van der Waals surface area contributed by atoms with Gasteiger partial charge in [-0.2, -0.15) is 9.61 Å². The molecule has 0 amide bonds. The van der Waals surface area contributed by atoms with Gasteiger partial charge in [0.25, 0.3) is 5.56 Å². The molecule has 28 heavy (non-hydrogen) atoms. The maximum Gasteiger partial charge on any atom is 0.277 e. The number of fused-ring (bicyclic) bond motifs is 1. The molecule has 4 rings (SSSR count). The lowest BCUT2D eigenvalue weighted by molar-refractivity contribution is -0.117. The second-order valence-electron chi connectivity index (χ2n) is 6.80. The molecule has 8 nitrogen and oxygen atoms in total. The molecule has 1 saturated heterocycles. The molecule has 0 radical (unpaired) electrons. The summed E-state index contributed by atoms with van der Waals surface area (Å²) >= 11 is 1.38. The molecule has 3 aromatic rings.